The zero-order valence-corrected chi connectivity index (χ0v) is 13.3. The van der Waals surface area contributed by atoms with Crippen LogP contribution in [0, 0.1) is 11.3 Å². The molecule has 0 atom stereocenters. The molecule has 0 heterocycles. The van der Waals surface area contributed by atoms with Crippen LogP contribution in [0.3, 0.4) is 0 Å². The Morgan fingerprint density at radius 1 is 1.26 bits per heavy atom. The lowest BCUT2D eigenvalue weighted by Crippen LogP contribution is -2.24. The average Bonchev–Trinajstić information content (AvgIpc) is 2.57. The molecule has 0 spiro atoms. The Bertz CT molecular complexity index is 785. The Balaban J connectivity index is 1.89. The van der Waals surface area contributed by atoms with E-state index in [4.69, 9.17) is 33.2 Å². The maximum Gasteiger partial charge on any atom is 0.277 e. The van der Waals surface area contributed by atoms with Gasteiger partial charge in [-0.25, -0.2) is 5.43 Å². The lowest BCUT2D eigenvalue weighted by Gasteiger charge is -2.06. The Kier molecular flexibility index (Phi) is 5.98. The van der Waals surface area contributed by atoms with Crippen molar-refractivity contribution in [3.63, 3.8) is 0 Å². The van der Waals surface area contributed by atoms with Crippen LogP contribution in [-0.2, 0) is 4.79 Å². The summed E-state index contributed by atoms with van der Waals surface area (Å²) < 4.78 is 5.28. The number of rotatable bonds is 5. The van der Waals surface area contributed by atoms with Crippen LogP contribution in [0.25, 0.3) is 0 Å². The van der Waals surface area contributed by atoms with E-state index in [1.165, 1.54) is 6.21 Å². The summed E-state index contributed by atoms with van der Waals surface area (Å²) in [6.45, 7) is -0.265. The molecule has 0 unspecified atom stereocenters. The van der Waals surface area contributed by atoms with Crippen molar-refractivity contribution in [2.45, 2.75) is 0 Å². The van der Waals surface area contributed by atoms with E-state index >= 15 is 0 Å². The van der Waals surface area contributed by atoms with E-state index < -0.39 is 5.91 Å². The smallest absolute Gasteiger partial charge is 0.277 e. The van der Waals surface area contributed by atoms with Crippen molar-refractivity contribution < 1.29 is 9.53 Å². The van der Waals surface area contributed by atoms with Crippen LogP contribution in [-0.4, -0.2) is 18.7 Å². The van der Waals surface area contributed by atoms with Crippen LogP contribution in [0.2, 0.25) is 10.0 Å². The molecule has 23 heavy (non-hydrogen) atoms. The summed E-state index contributed by atoms with van der Waals surface area (Å²) in [7, 11) is 0. The molecular weight excluding hydrogens is 337 g/mol. The number of ether oxygens (including phenoxy) is 1. The van der Waals surface area contributed by atoms with Crippen molar-refractivity contribution in [3.8, 4) is 11.8 Å². The number of nitrogens with one attached hydrogen (secondary N) is 1. The van der Waals surface area contributed by atoms with Crippen molar-refractivity contribution in [3.05, 3.63) is 63.6 Å². The molecule has 0 saturated heterocycles. The molecule has 2 aromatic rings. The van der Waals surface area contributed by atoms with Crippen molar-refractivity contribution in [2.75, 3.05) is 6.61 Å². The predicted molar refractivity (Wildman–Crippen MR) is 88.9 cm³/mol. The third kappa shape index (κ3) is 4.71. The van der Waals surface area contributed by atoms with Gasteiger partial charge in [0, 0.05) is 5.56 Å². The second kappa shape index (κ2) is 8.18. The standard InChI is InChI=1S/C16H11Cl2N3O2/c17-13-6-3-5-12(16(13)18)9-20-21-15(22)10-23-14-7-2-1-4-11(14)8-19/h1-7,9H,10H2,(H,21,22)/b20-9+. The van der Waals surface area contributed by atoms with Gasteiger partial charge in [-0.1, -0.05) is 47.5 Å². The molecule has 0 radical (unpaired) electrons. The van der Waals surface area contributed by atoms with E-state index in [2.05, 4.69) is 10.5 Å². The highest BCUT2D eigenvalue weighted by Crippen LogP contribution is 2.24. The number of nitriles is 1. The normalized spacial score (nSPS) is 10.3. The van der Waals surface area contributed by atoms with Gasteiger partial charge in [-0.3, -0.25) is 4.79 Å². The molecule has 0 aliphatic heterocycles. The maximum atomic E-state index is 11.7. The number of carbonyl (C=O) groups excluding carboxylic acids is 1. The topological polar surface area (TPSA) is 74.5 Å². The van der Waals surface area contributed by atoms with E-state index in [1.54, 1.807) is 42.5 Å². The second-order valence-corrected chi connectivity index (χ2v) is 5.12. The van der Waals surface area contributed by atoms with E-state index in [-0.39, 0.29) is 6.61 Å². The number of carbonyl (C=O) groups is 1. The summed E-state index contributed by atoms with van der Waals surface area (Å²) in [5, 5.41) is 13.5. The number of hydrogen-bond donors (Lipinski definition) is 1. The van der Waals surface area contributed by atoms with Gasteiger partial charge in [0.25, 0.3) is 5.91 Å². The van der Waals surface area contributed by atoms with Crippen molar-refractivity contribution in [1.29, 1.82) is 5.26 Å². The SMILES string of the molecule is N#Cc1ccccc1OCC(=O)N/N=C/c1cccc(Cl)c1Cl. The molecule has 0 aliphatic carbocycles. The molecule has 5 nitrogen and oxygen atoms in total. The quantitative estimate of drug-likeness (QED) is 0.665. The first-order chi connectivity index (χ1) is 11.1. The minimum absolute atomic E-state index is 0.265. The summed E-state index contributed by atoms with van der Waals surface area (Å²) in [4.78, 5) is 11.7. The number of halogens is 2. The molecule has 0 saturated carbocycles. The van der Waals surface area contributed by atoms with Gasteiger partial charge < -0.3 is 4.74 Å². The first-order valence-corrected chi connectivity index (χ1v) is 7.25. The van der Waals surface area contributed by atoms with Gasteiger partial charge in [0.2, 0.25) is 0 Å². The summed E-state index contributed by atoms with van der Waals surface area (Å²) in [6, 6.07) is 13.7. The number of para-hydroxylation sites is 1. The third-order valence-electron chi connectivity index (χ3n) is 2.74. The number of hydrogen-bond acceptors (Lipinski definition) is 4. The lowest BCUT2D eigenvalue weighted by molar-refractivity contribution is -0.123. The maximum absolute atomic E-state index is 11.7. The molecule has 2 rings (SSSR count). The summed E-state index contributed by atoms with van der Waals surface area (Å²) in [6.07, 6.45) is 1.38. The number of hydrazone groups is 1. The van der Waals surface area contributed by atoms with Gasteiger partial charge in [-0.15, -0.1) is 0 Å². The van der Waals surface area contributed by atoms with Gasteiger partial charge in [-0.05, 0) is 18.2 Å². The molecule has 116 valence electrons. The Labute approximate surface area is 143 Å². The highest BCUT2D eigenvalue weighted by atomic mass is 35.5. The van der Waals surface area contributed by atoms with Crippen molar-refractivity contribution >= 4 is 35.3 Å². The number of amides is 1. The monoisotopic (exact) mass is 347 g/mol. The van der Waals surface area contributed by atoms with Gasteiger partial charge in [0.05, 0.1) is 21.8 Å². The fraction of sp³-hybridized carbons (Fsp3) is 0.0625. The van der Waals surface area contributed by atoms with Crippen LogP contribution >= 0.6 is 23.2 Å². The first kappa shape index (κ1) is 16.8. The third-order valence-corrected chi connectivity index (χ3v) is 3.57. The first-order valence-electron chi connectivity index (χ1n) is 6.49. The summed E-state index contributed by atoms with van der Waals surface area (Å²) in [5.41, 5.74) is 3.24. The second-order valence-electron chi connectivity index (χ2n) is 4.33. The van der Waals surface area contributed by atoms with E-state index in [9.17, 15) is 4.79 Å². The van der Waals surface area contributed by atoms with E-state index in [0.29, 0.717) is 26.9 Å². The van der Waals surface area contributed by atoms with E-state index in [1.807, 2.05) is 6.07 Å². The highest BCUT2D eigenvalue weighted by molar-refractivity contribution is 6.43. The molecule has 2 aromatic carbocycles. The largest absolute Gasteiger partial charge is 0.482 e. The molecule has 0 aliphatic rings. The summed E-state index contributed by atoms with van der Waals surface area (Å²) in [5.74, 6) is -0.126. The zero-order chi connectivity index (χ0) is 16.7. The van der Waals surface area contributed by atoms with Crippen molar-refractivity contribution in [2.24, 2.45) is 5.10 Å². The van der Waals surface area contributed by atoms with Crippen LogP contribution in [0.15, 0.2) is 47.6 Å². The molecule has 0 fully saturated rings. The van der Waals surface area contributed by atoms with Crippen LogP contribution in [0.4, 0.5) is 0 Å². The zero-order valence-electron chi connectivity index (χ0n) is 11.8. The molecule has 0 bridgehead atoms. The van der Waals surface area contributed by atoms with Gasteiger partial charge in [-0.2, -0.15) is 10.4 Å². The Morgan fingerprint density at radius 3 is 2.83 bits per heavy atom. The predicted octanol–water partition coefficient (Wildman–Crippen LogP) is 3.39. The number of benzene rings is 2. The highest BCUT2D eigenvalue weighted by Gasteiger charge is 2.06. The van der Waals surface area contributed by atoms with Gasteiger partial charge in [0.15, 0.2) is 6.61 Å². The molecule has 0 aromatic heterocycles. The minimum atomic E-state index is -0.466. The van der Waals surface area contributed by atoms with Gasteiger partial charge in [0.1, 0.15) is 11.8 Å². The van der Waals surface area contributed by atoms with Crippen LogP contribution in [0.1, 0.15) is 11.1 Å². The number of nitrogens with zero attached hydrogens (tertiary/aromatic N) is 2. The molecular formula is C16H11Cl2N3O2. The van der Waals surface area contributed by atoms with Crippen molar-refractivity contribution in [1.82, 2.24) is 5.43 Å². The Hall–Kier alpha value is -2.55. The van der Waals surface area contributed by atoms with Gasteiger partial charge >= 0.3 is 0 Å². The van der Waals surface area contributed by atoms with E-state index in [0.717, 1.165) is 0 Å². The molecule has 7 heteroatoms. The average molecular weight is 348 g/mol. The molecule has 1 amide bonds. The minimum Gasteiger partial charge on any atom is -0.482 e. The molecule has 1 N–H and O–H groups in total. The summed E-state index contributed by atoms with van der Waals surface area (Å²) >= 11 is 11.9. The lowest BCUT2D eigenvalue weighted by atomic mass is 10.2. The fourth-order valence-corrected chi connectivity index (χ4v) is 2.01. The van der Waals surface area contributed by atoms with Crippen LogP contribution < -0.4 is 10.2 Å². The Morgan fingerprint density at radius 2 is 2.04 bits per heavy atom. The van der Waals surface area contributed by atoms with Crippen LogP contribution in [0.5, 0.6) is 5.75 Å². The fourth-order valence-electron chi connectivity index (χ4n) is 1.65.